The van der Waals surface area contributed by atoms with Crippen molar-refractivity contribution in [2.24, 2.45) is 0 Å². The highest BCUT2D eigenvalue weighted by Gasteiger charge is 2.23. The molecule has 0 spiro atoms. The highest BCUT2D eigenvalue weighted by molar-refractivity contribution is 5.99. The first-order valence-electron chi connectivity index (χ1n) is 9.67. The number of rotatable bonds is 3. The van der Waals surface area contributed by atoms with E-state index in [9.17, 15) is 4.79 Å². The summed E-state index contributed by atoms with van der Waals surface area (Å²) in [6, 6.07) is 14.8. The quantitative estimate of drug-likeness (QED) is 0.764. The second-order valence-electron chi connectivity index (χ2n) is 7.72. The molecule has 1 amide bonds. The van der Waals surface area contributed by atoms with Crippen LogP contribution in [-0.4, -0.2) is 46.9 Å². The van der Waals surface area contributed by atoms with E-state index in [-0.39, 0.29) is 5.91 Å². The number of hydrogen-bond donors (Lipinski definition) is 1. The van der Waals surface area contributed by atoms with Gasteiger partial charge in [-0.15, -0.1) is 0 Å². The lowest BCUT2D eigenvalue weighted by Crippen LogP contribution is -2.48. The van der Waals surface area contributed by atoms with E-state index in [1.165, 1.54) is 22.3 Å². The molecule has 0 aliphatic carbocycles. The van der Waals surface area contributed by atoms with Crippen molar-refractivity contribution < 1.29 is 4.79 Å². The normalized spacial score (nSPS) is 15.4. The van der Waals surface area contributed by atoms with E-state index in [2.05, 4.69) is 67.1 Å². The van der Waals surface area contributed by atoms with Gasteiger partial charge in [0.2, 0.25) is 0 Å². The molecule has 140 valence electrons. The summed E-state index contributed by atoms with van der Waals surface area (Å²) < 4.78 is 0. The van der Waals surface area contributed by atoms with Gasteiger partial charge >= 0.3 is 0 Å². The number of carbonyl (C=O) groups excluding carboxylic acids is 1. The van der Waals surface area contributed by atoms with Gasteiger partial charge < -0.3 is 9.88 Å². The molecule has 0 saturated carbocycles. The number of fused-ring (bicyclic) bond motifs is 1. The van der Waals surface area contributed by atoms with Crippen molar-refractivity contribution >= 4 is 16.8 Å². The number of nitrogens with zero attached hydrogens (tertiary/aromatic N) is 2. The van der Waals surface area contributed by atoms with Crippen LogP contribution >= 0.6 is 0 Å². The molecule has 0 radical (unpaired) electrons. The molecule has 4 nitrogen and oxygen atoms in total. The Labute approximate surface area is 160 Å². The number of aryl methyl sites for hydroxylation is 3. The van der Waals surface area contributed by atoms with Gasteiger partial charge in [0, 0.05) is 43.6 Å². The number of aromatic nitrogens is 1. The lowest BCUT2D eigenvalue weighted by Gasteiger charge is -2.34. The average Bonchev–Trinajstić information content (AvgIpc) is 3.08. The summed E-state index contributed by atoms with van der Waals surface area (Å²) in [4.78, 5) is 20.7. The molecule has 0 unspecified atom stereocenters. The fourth-order valence-electron chi connectivity index (χ4n) is 4.02. The van der Waals surface area contributed by atoms with Gasteiger partial charge in [0.25, 0.3) is 5.91 Å². The summed E-state index contributed by atoms with van der Waals surface area (Å²) in [7, 11) is 0. The van der Waals surface area contributed by atoms with Gasteiger partial charge in [-0.3, -0.25) is 9.69 Å². The van der Waals surface area contributed by atoms with Crippen LogP contribution in [0, 0.1) is 20.8 Å². The van der Waals surface area contributed by atoms with Crippen LogP contribution < -0.4 is 0 Å². The van der Waals surface area contributed by atoms with Crippen molar-refractivity contribution in [3.8, 4) is 0 Å². The minimum absolute atomic E-state index is 0.110. The number of piperazine rings is 1. The fourth-order valence-corrected chi connectivity index (χ4v) is 4.02. The van der Waals surface area contributed by atoms with E-state index in [1.54, 1.807) is 0 Å². The Morgan fingerprint density at radius 1 is 0.963 bits per heavy atom. The van der Waals surface area contributed by atoms with E-state index in [1.807, 2.05) is 11.0 Å². The van der Waals surface area contributed by atoms with Crippen molar-refractivity contribution in [3.05, 3.63) is 70.4 Å². The van der Waals surface area contributed by atoms with Crippen LogP contribution in [0.1, 0.15) is 32.7 Å². The van der Waals surface area contributed by atoms with Crippen molar-refractivity contribution in [1.82, 2.24) is 14.8 Å². The van der Waals surface area contributed by atoms with Gasteiger partial charge in [0.05, 0.1) is 0 Å². The number of carbonyl (C=O) groups is 1. The van der Waals surface area contributed by atoms with Crippen LogP contribution in [0.5, 0.6) is 0 Å². The first-order chi connectivity index (χ1) is 13.0. The molecule has 1 aliphatic rings. The van der Waals surface area contributed by atoms with Gasteiger partial charge in [-0.1, -0.05) is 30.3 Å². The second-order valence-corrected chi connectivity index (χ2v) is 7.72. The third-order valence-electron chi connectivity index (χ3n) is 5.63. The van der Waals surface area contributed by atoms with Crippen LogP contribution in [0.15, 0.2) is 42.5 Å². The average molecular weight is 361 g/mol. The Hall–Kier alpha value is -2.59. The number of benzene rings is 2. The minimum Gasteiger partial charge on any atom is -0.351 e. The molecule has 1 aliphatic heterocycles. The molecule has 4 rings (SSSR count). The van der Waals surface area contributed by atoms with Crippen molar-refractivity contribution in [1.29, 1.82) is 0 Å². The molecule has 0 bridgehead atoms. The third kappa shape index (κ3) is 3.62. The van der Waals surface area contributed by atoms with E-state index < -0.39 is 0 Å². The summed E-state index contributed by atoms with van der Waals surface area (Å²) >= 11 is 0. The van der Waals surface area contributed by atoms with Gasteiger partial charge in [0.1, 0.15) is 5.69 Å². The molecular formula is C23H27N3O. The number of amides is 1. The van der Waals surface area contributed by atoms with E-state index >= 15 is 0 Å². The van der Waals surface area contributed by atoms with Crippen LogP contribution in [0.25, 0.3) is 10.9 Å². The standard InChI is InChI=1S/C23H27N3O/c1-16-12-18(3)20-14-22(24-21(20)13-16)23(27)26-10-8-25(9-11-26)15-19-7-5-4-6-17(19)2/h4-7,12-14,24H,8-11,15H2,1-3H3. The summed E-state index contributed by atoms with van der Waals surface area (Å²) in [6.45, 7) is 10.7. The molecule has 3 aromatic rings. The molecule has 0 atom stereocenters. The molecule has 4 heteroatoms. The van der Waals surface area contributed by atoms with E-state index in [4.69, 9.17) is 0 Å². The maximum Gasteiger partial charge on any atom is 0.270 e. The summed E-state index contributed by atoms with van der Waals surface area (Å²) in [5.41, 5.74) is 6.88. The van der Waals surface area contributed by atoms with Crippen molar-refractivity contribution in [3.63, 3.8) is 0 Å². The van der Waals surface area contributed by atoms with Crippen LogP contribution in [0.2, 0.25) is 0 Å². The van der Waals surface area contributed by atoms with Crippen LogP contribution in [-0.2, 0) is 6.54 Å². The zero-order valence-corrected chi connectivity index (χ0v) is 16.4. The van der Waals surface area contributed by atoms with E-state index in [0.717, 1.165) is 43.6 Å². The smallest absolute Gasteiger partial charge is 0.270 e. The predicted molar refractivity (Wildman–Crippen MR) is 110 cm³/mol. The Morgan fingerprint density at radius 3 is 2.44 bits per heavy atom. The van der Waals surface area contributed by atoms with Crippen LogP contribution in [0.3, 0.4) is 0 Å². The monoisotopic (exact) mass is 361 g/mol. The summed E-state index contributed by atoms with van der Waals surface area (Å²) in [5, 5.41) is 1.14. The molecule has 1 fully saturated rings. The summed E-state index contributed by atoms with van der Waals surface area (Å²) in [6.07, 6.45) is 0. The Morgan fingerprint density at radius 2 is 1.70 bits per heavy atom. The molecular weight excluding hydrogens is 334 g/mol. The third-order valence-corrected chi connectivity index (χ3v) is 5.63. The zero-order chi connectivity index (χ0) is 19.0. The van der Waals surface area contributed by atoms with Crippen LogP contribution in [0.4, 0.5) is 0 Å². The number of hydrogen-bond acceptors (Lipinski definition) is 2. The summed E-state index contributed by atoms with van der Waals surface area (Å²) in [5.74, 6) is 0.110. The Bertz CT molecular complexity index is 980. The SMILES string of the molecule is Cc1cc(C)c2cc(C(=O)N3CCN(Cc4ccccc4C)CC3)[nH]c2c1. The first-order valence-corrected chi connectivity index (χ1v) is 9.67. The van der Waals surface area contributed by atoms with Gasteiger partial charge in [0.15, 0.2) is 0 Å². The van der Waals surface area contributed by atoms with Gasteiger partial charge in [-0.25, -0.2) is 0 Å². The van der Waals surface area contributed by atoms with Gasteiger partial charge in [-0.2, -0.15) is 0 Å². The lowest BCUT2D eigenvalue weighted by atomic mass is 10.1. The first kappa shape index (κ1) is 17.8. The lowest BCUT2D eigenvalue weighted by molar-refractivity contribution is 0.0623. The van der Waals surface area contributed by atoms with Crippen molar-refractivity contribution in [2.45, 2.75) is 27.3 Å². The largest absolute Gasteiger partial charge is 0.351 e. The number of H-pyrrole nitrogens is 1. The molecule has 2 heterocycles. The number of aromatic amines is 1. The second kappa shape index (κ2) is 7.20. The maximum absolute atomic E-state index is 13.0. The minimum atomic E-state index is 0.110. The Kier molecular flexibility index (Phi) is 4.75. The molecule has 2 aromatic carbocycles. The maximum atomic E-state index is 13.0. The molecule has 1 N–H and O–H groups in total. The topological polar surface area (TPSA) is 39.3 Å². The van der Waals surface area contributed by atoms with Crippen molar-refractivity contribution in [2.75, 3.05) is 26.2 Å². The highest BCUT2D eigenvalue weighted by Crippen LogP contribution is 2.22. The highest BCUT2D eigenvalue weighted by atomic mass is 16.2. The Balaban J connectivity index is 1.43. The van der Waals surface area contributed by atoms with Gasteiger partial charge in [-0.05, 0) is 55.2 Å². The fraction of sp³-hybridized carbons (Fsp3) is 0.348. The molecule has 1 saturated heterocycles. The van der Waals surface area contributed by atoms with E-state index in [0.29, 0.717) is 5.69 Å². The zero-order valence-electron chi connectivity index (χ0n) is 16.4. The molecule has 27 heavy (non-hydrogen) atoms. The molecule has 1 aromatic heterocycles. The predicted octanol–water partition coefficient (Wildman–Crippen LogP) is 4.05. The number of nitrogens with one attached hydrogen (secondary N) is 1.